The zero-order chi connectivity index (χ0) is 21.1. The van der Waals surface area contributed by atoms with Crippen molar-refractivity contribution in [2.75, 3.05) is 25.0 Å². The Hall–Kier alpha value is -3.03. The van der Waals surface area contributed by atoms with Crippen molar-refractivity contribution in [2.45, 2.75) is 45.3 Å². The fraction of sp³-hybridized carbons (Fsp3) is 0.500. The number of carbonyl (C=O) groups is 1. The van der Waals surface area contributed by atoms with E-state index >= 15 is 0 Å². The van der Waals surface area contributed by atoms with E-state index in [4.69, 9.17) is 9.47 Å². The molecule has 2 aliphatic heterocycles. The van der Waals surface area contributed by atoms with Crippen LogP contribution in [0, 0.1) is 5.92 Å². The quantitative estimate of drug-likeness (QED) is 0.735. The van der Waals surface area contributed by atoms with E-state index in [1.807, 2.05) is 29.2 Å². The van der Waals surface area contributed by atoms with Crippen LogP contribution in [-0.4, -0.2) is 57.3 Å². The van der Waals surface area contributed by atoms with Gasteiger partial charge in [0.15, 0.2) is 11.5 Å². The fourth-order valence-electron chi connectivity index (χ4n) is 4.19. The Morgan fingerprint density at radius 1 is 1.33 bits per heavy atom. The average Bonchev–Trinajstić information content (AvgIpc) is 3.24. The molecule has 160 valence electrons. The highest BCUT2D eigenvalue weighted by molar-refractivity contribution is 5.82. The Balaban J connectivity index is 1.39. The van der Waals surface area contributed by atoms with Crippen LogP contribution in [0.25, 0.3) is 0 Å². The molecule has 0 aliphatic carbocycles. The number of nitrogens with zero attached hydrogens (tertiary/aromatic N) is 3. The van der Waals surface area contributed by atoms with Gasteiger partial charge in [-0.1, -0.05) is 23.8 Å². The Morgan fingerprint density at radius 2 is 2.13 bits per heavy atom. The highest BCUT2D eigenvalue weighted by atomic mass is 16.6. The first-order valence-corrected chi connectivity index (χ1v) is 10.4. The van der Waals surface area contributed by atoms with E-state index < -0.39 is 6.10 Å². The van der Waals surface area contributed by atoms with Gasteiger partial charge in [0.05, 0.1) is 5.54 Å². The minimum atomic E-state index is -0.590. The highest BCUT2D eigenvalue weighted by Crippen LogP contribution is 2.32. The van der Waals surface area contributed by atoms with E-state index in [1.165, 1.54) is 11.9 Å². The maximum absolute atomic E-state index is 13.1. The number of amides is 1. The van der Waals surface area contributed by atoms with Crippen LogP contribution in [0.2, 0.25) is 0 Å². The van der Waals surface area contributed by atoms with Gasteiger partial charge in [0.2, 0.25) is 12.1 Å². The van der Waals surface area contributed by atoms with E-state index in [-0.39, 0.29) is 18.1 Å². The third kappa shape index (κ3) is 4.58. The maximum atomic E-state index is 13.1. The molecule has 1 fully saturated rings. The predicted molar refractivity (Wildman–Crippen MR) is 113 cm³/mol. The number of fused-ring (bicyclic) bond motifs is 1. The SMILES string of the molecule is C/C(=C\C(C)(C)Nc1ncn[nH]1)C1CCCN(C(=O)C2COc3ccccc3O2)C1. The molecule has 1 saturated heterocycles. The number of rotatable bonds is 5. The molecule has 2 aromatic rings. The Bertz CT molecular complexity index is 909. The summed E-state index contributed by atoms with van der Waals surface area (Å²) in [5.74, 6) is 2.28. The summed E-state index contributed by atoms with van der Waals surface area (Å²) in [6.07, 6.45) is 5.14. The first-order chi connectivity index (χ1) is 14.4. The number of benzene rings is 1. The minimum Gasteiger partial charge on any atom is -0.485 e. The summed E-state index contributed by atoms with van der Waals surface area (Å²) in [6.45, 7) is 8.02. The number of hydrogen-bond donors (Lipinski definition) is 2. The van der Waals surface area contributed by atoms with Crippen LogP contribution in [0.4, 0.5) is 5.95 Å². The van der Waals surface area contributed by atoms with E-state index in [9.17, 15) is 4.79 Å². The molecule has 8 nitrogen and oxygen atoms in total. The van der Waals surface area contributed by atoms with Crippen LogP contribution in [-0.2, 0) is 4.79 Å². The molecule has 0 saturated carbocycles. The van der Waals surface area contributed by atoms with Crippen molar-refractivity contribution < 1.29 is 14.3 Å². The number of likely N-dealkylation sites (tertiary alicyclic amines) is 1. The zero-order valence-electron chi connectivity index (χ0n) is 17.7. The molecule has 2 atom stereocenters. The van der Waals surface area contributed by atoms with Gasteiger partial charge in [0.1, 0.15) is 12.9 Å². The molecule has 1 amide bonds. The van der Waals surface area contributed by atoms with Crippen molar-refractivity contribution in [3.05, 3.63) is 42.2 Å². The molecule has 1 aromatic carbocycles. The van der Waals surface area contributed by atoms with Crippen LogP contribution >= 0.6 is 0 Å². The number of aromatic amines is 1. The number of aromatic nitrogens is 3. The third-order valence-corrected chi connectivity index (χ3v) is 5.61. The summed E-state index contributed by atoms with van der Waals surface area (Å²) in [4.78, 5) is 19.2. The fourth-order valence-corrected chi connectivity index (χ4v) is 4.19. The molecule has 4 rings (SSSR count). The summed E-state index contributed by atoms with van der Waals surface area (Å²) in [5.41, 5.74) is 0.968. The number of hydrogen-bond acceptors (Lipinski definition) is 6. The highest BCUT2D eigenvalue weighted by Gasteiger charge is 2.34. The molecular formula is C22H29N5O3. The first-order valence-electron chi connectivity index (χ1n) is 10.4. The summed E-state index contributed by atoms with van der Waals surface area (Å²) in [6, 6.07) is 7.47. The van der Waals surface area contributed by atoms with Gasteiger partial charge >= 0.3 is 0 Å². The van der Waals surface area contributed by atoms with Crippen LogP contribution < -0.4 is 14.8 Å². The van der Waals surface area contributed by atoms with Gasteiger partial charge in [-0.3, -0.25) is 4.79 Å². The van der Waals surface area contributed by atoms with E-state index in [2.05, 4.69) is 47.3 Å². The minimum absolute atomic E-state index is 0.000971. The van der Waals surface area contributed by atoms with Gasteiger partial charge in [-0.15, -0.1) is 0 Å². The Labute approximate surface area is 176 Å². The molecule has 1 aromatic heterocycles. The second-order valence-corrected chi connectivity index (χ2v) is 8.56. The van der Waals surface area contributed by atoms with Crippen LogP contribution in [0.1, 0.15) is 33.6 Å². The normalized spacial score (nSPS) is 22.0. The van der Waals surface area contributed by atoms with Crippen molar-refractivity contribution in [3.63, 3.8) is 0 Å². The summed E-state index contributed by atoms with van der Waals surface area (Å²) in [5, 5.41) is 10.0. The molecule has 30 heavy (non-hydrogen) atoms. The lowest BCUT2D eigenvalue weighted by atomic mass is 9.87. The monoisotopic (exact) mass is 411 g/mol. The number of H-pyrrole nitrogens is 1. The first kappa shape index (κ1) is 20.3. The lowest BCUT2D eigenvalue weighted by Crippen LogP contribution is -2.50. The van der Waals surface area contributed by atoms with Crippen molar-refractivity contribution in [3.8, 4) is 11.5 Å². The molecule has 0 radical (unpaired) electrons. The predicted octanol–water partition coefficient (Wildman–Crippen LogP) is 3.02. The van der Waals surface area contributed by atoms with Crippen LogP contribution in [0.15, 0.2) is 42.2 Å². The summed E-state index contributed by atoms with van der Waals surface area (Å²) >= 11 is 0. The third-order valence-electron chi connectivity index (χ3n) is 5.61. The van der Waals surface area contributed by atoms with Crippen molar-refractivity contribution in [2.24, 2.45) is 5.92 Å². The molecule has 2 unspecified atom stereocenters. The molecule has 0 spiro atoms. The molecule has 8 heteroatoms. The largest absolute Gasteiger partial charge is 0.485 e. The van der Waals surface area contributed by atoms with Gasteiger partial charge in [-0.2, -0.15) is 5.10 Å². The van der Waals surface area contributed by atoms with Gasteiger partial charge in [-0.05, 0) is 51.7 Å². The van der Waals surface area contributed by atoms with Crippen molar-refractivity contribution in [1.29, 1.82) is 0 Å². The van der Waals surface area contributed by atoms with Gasteiger partial charge in [-0.25, -0.2) is 10.1 Å². The van der Waals surface area contributed by atoms with Gasteiger partial charge in [0, 0.05) is 13.1 Å². The van der Waals surface area contributed by atoms with Gasteiger partial charge in [0.25, 0.3) is 5.91 Å². The van der Waals surface area contributed by atoms with E-state index in [1.54, 1.807) is 0 Å². The number of piperidine rings is 1. The number of nitrogens with one attached hydrogen (secondary N) is 2. The molecular weight excluding hydrogens is 382 g/mol. The average molecular weight is 412 g/mol. The lowest BCUT2D eigenvalue weighted by Gasteiger charge is -2.37. The van der Waals surface area contributed by atoms with Gasteiger partial charge < -0.3 is 19.7 Å². The molecule has 2 aliphatic rings. The summed E-state index contributed by atoms with van der Waals surface area (Å²) < 4.78 is 11.7. The van der Waals surface area contributed by atoms with E-state index in [0.717, 1.165) is 19.4 Å². The molecule has 2 N–H and O–H groups in total. The smallest absolute Gasteiger partial charge is 0.267 e. The summed E-state index contributed by atoms with van der Waals surface area (Å²) in [7, 11) is 0. The number of anilines is 1. The molecule has 3 heterocycles. The van der Waals surface area contributed by atoms with Crippen molar-refractivity contribution in [1.82, 2.24) is 20.1 Å². The second-order valence-electron chi connectivity index (χ2n) is 8.56. The number of carbonyl (C=O) groups excluding carboxylic acids is 1. The van der Waals surface area contributed by atoms with E-state index in [0.29, 0.717) is 29.9 Å². The standard InChI is InChI=1S/C22H29N5O3/c1-15(11-22(2,3)25-21-23-14-24-26-21)16-7-6-10-27(12-16)20(28)19-13-29-17-8-4-5-9-18(17)30-19/h4-5,8-9,11,14,16,19H,6-7,10,12-13H2,1-3H3,(H2,23,24,25,26)/b15-11+. The second kappa shape index (κ2) is 8.38. The van der Waals surface area contributed by atoms with Crippen LogP contribution in [0.5, 0.6) is 11.5 Å². The lowest BCUT2D eigenvalue weighted by molar-refractivity contribution is -0.142. The Morgan fingerprint density at radius 3 is 2.90 bits per heavy atom. The Kier molecular flexibility index (Phi) is 5.65. The van der Waals surface area contributed by atoms with Crippen molar-refractivity contribution >= 4 is 11.9 Å². The topological polar surface area (TPSA) is 92.4 Å². The number of para-hydroxylation sites is 2. The molecule has 0 bridgehead atoms. The van der Waals surface area contributed by atoms with Crippen LogP contribution in [0.3, 0.4) is 0 Å². The zero-order valence-corrected chi connectivity index (χ0v) is 17.7. The maximum Gasteiger partial charge on any atom is 0.267 e. The number of ether oxygens (including phenoxy) is 2.